The van der Waals surface area contributed by atoms with Crippen LogP contribution in [0.5, 0.6) is 0 Å². The summed E-state index contributed by atoms with van der Waals surface area (Å²) in [5, 5.41) is 10.4. The van der Waals surface area contributed by atoms with Crippen LogP contribution in [0.15, 0.2) is 12.7 Å². The summed E-state index contributed by atoms with van der Waals surface area (Å²) >= 11 is 0. The first-order chi connectivity index (χ1) is 7.10. The Hall–Kier alpha value is -0.300. The smallest absolute Gasteiger partial charge is 0.0650 e. The Morgan fingerprint density at radius 3 is 2.80 bits per heavy atom. The molecule has 1 aliphatic carbocycles. The monoisotopic (exact) mass is 210 g/mol. The van der Waals surface area contributed by atoms with Crippen LogP contribution in [-0.4, -0.2) is 10.7 Å². The van der Waals surface area contributed by atoms with Crippen LogP contribution in [-0.2, 0) is 0 Å². The van der Waals surface area contributed by atoms with Gasteiger partial charge in [0.1, 0.15) is 0 Å². The molecule has 1 aliphatic rings. The fourth-order valence-corrected chi connectivity index (χ4v) is 2.83. The Balaban J connectivity index is 2.49. The minimum Gasteiger partial charge on any atom is -0.390 e. The third kappa shape index (κ3) is 3.64. The van der Waals surface area contributed by atoms with E-state index in [2.05, 4.69) is 13.5 Å². The fourth-order valence-electron chi connectivity index (χ4n) is 2.83. The summed E-state index contributed by atoms with van der Waals surface area (Å²) in [5.74, 6) is 1.36. The van der Waals surface area contributed by atoms with E-state index in [4.69, 9.17) is 0 Å². The van der Waals surface area contributed by atoms with Crippen molar-refractivity contribution < 1.29 is 5.11 Å². The standard InChI is InChI=1S/C14H26O/c1-4-6-10-14(3,15)13-9-7-8-12(5-2)11-13/h4,12-13,15H,1,5-11H2,2-3H3. The molecule has 1 nitrogen and oxygen atoms in total. The molecule has 0 heterocycles. The van der Waals surface area contributed by atoms with Crippen molar-refractivity contribution in [3.8, 4) is 0 Å². The minimum absolute atomic E-state index is 0.470. The van der Waals surface area contributed by atoms with Gasteiger partial charge in [0.2, 0.25) is 0 Å². The van der Waals surface area contributed by atoms with Crippen LogP contribution < -0.4 is 0 Å². The highest BCUT2D eigenvalue weighted by molar-refractivity contribution is 4.88. The minimum atomic E-state index is -0.470. The maximum absolute atomic E-state index is 10.4. The first-order valence-electron chi connectivity index (χ1n) is 6.43. The summed E-state index contributed by atoms with van der Waals surface area (Å²) in [5.41, 5.74) is -0.470. The lowest BCUT2D eigenvalue weighted by atomic mass is 9.71. The average Bonchev–Trinajstić information content (AvgIpc) is 2.26. The van der Waals surface area contributed by atoms with Gasteiger partial charge in [-0.05, 0) is 44.4 Å². The molecule has 0 aromatic carbocycles. The quantitative estimate of drug-likeness (QED) is 0.682. The van der Waals surface area contributed by atoms with Crippen molar-refractivity contribution in [2.24, 2.45) is 11.8 Å². The Morgan fingerprint density at radius 2 is 2.20 bits per heavy atom. The number of hydrogen-bond acceptors (Lipinski definition) is 1. The van der Waals surface area contributed by atoms with Gasteiger partial charge in [-0.2, -0.15) is 0 Å². The van der Waals surface area contributed by atoms with Crippen molar-refractivity contribution in [1.82, 2.24) is 0 Å². The maximum atomic E-state index is 10.4. The van der Waals surface area contributed by atoms with Crippen molar-refractivity contribution >= 4 is 0 Å². The molecule has 0 amide bonds. The van der Waals surface area contributed by atoms with Crippen molar-refractivity contribution in [3.05, 3.63) is 12.7 Å². The van der Waals surface area contributed by atoms with Crippen molar-refractivity contribution in [2.45, 2.75) is 64.4 Å². The topological polar surface area (TPSA) is 20.2 Å². The van der Waals surface area contributed by atoms with Gasteiger partial charge in [0.25, 0.3) is 0 Å². The second kappa shape index (κ2) is 5.69. The van der Waals surface area contributed by atoms with E-state index in [0.29, 0.717) is 5.92 Å². The third-order valence-corrected chi connectivity index (χ3v) is 4.09. The van der Waals surface area contributed by atoms with E-state index >= 15 is 0 Å². The molecule has 1 heteroatoms. The number of hydrogen-bond donors (Lipinski definition) is 1. The fraction of sp³-hybridized carbons (Fsp3) is 0.857. The van der Waals surface area contributed by atoms with E-state index < -0.39 is 5.60 Å². The number of rotatable bonds is 5. The van der Waals surface area contributed by atoms with Crippen molar-refractivity contribution in [3.63, 3.8) is 0 Å². The molecule has 88 valence electrons. The second-order valence-electron chi connectivity index (χ2n) is 5.32. The van der Waals surface area contributed by atoms with Gasteiger partial charge in [-0.15, -0.1) is 6.58 Å². The average molecular weight is 210 g/mol. The highest BCUT2D eigenvalue weighted by Gasteiger charge is 2.34. The van der Waals surface area contributed by atoms with Crippen LogP contribution in [0.1, 0.15) is 58.8 Å². The molecule has 0 aromatic rings. The zero-order valence-electron chi connectivity index (χ0n) is 10.3. The zero-order chi connectivity index (χ0) is 11.3. The van der Waals surface area contributed by atoms with E-state index in [9.17, 15) is 5.11 Å². The first-order valence-corrected chi connectivity index (χ1v) is 6.43. The van der Waals surface area contributed by atoms with Crippen LogP contribution >= 0.6 is 0 Å². The maximum Gasteiger partial charge on any atom is 0.0650 e. The van der Waals surface area contributed by atoms with Crippen LogP contribution in [0.2, 0.25) is 0 Å². The normalized spacial score (nSPS) is 30.9. The van der Waals surface area contributed by atoms with Crippen LogP contribution in [0.25, 0.3) is 0 Å². The van der Waals surface area contributed by atoms with E-state index in [-0.39, 0.29) is 0 Å². The Labute approximate surface area is 94.6 Å². The lowest BCUT2D eigenvalue weighted by Crippen LogP contribution is -2.37. The molecule has 1 rings (SSSR count). The molecule has 0 spiro atoms. The molecule has 3 unspecified atom stereocenters. The van der Waals surface area contributed by atoms with Crippen molar-refractivity contribution in [1.29, 1.82) is 0 Å². The van der Waals surface area contributed by atoms with Gasteiger partial charge in [0.15, 0.2) is 0 Å². The molecule has 1 N–H and O–H groups in total. The summed E-state index contributed by atoms with van der Waals surface area (Å²) in [6, 6.07) is 0. The highest BCUT2D eigenvalue weighted by Crippen LogP contribution is 2.38. The zero-order valence-corrected chi connectivity index (χ0v) is 10.3. The van der Waals surface area contributed by atoms with Crippen LogP contribution in [0.4, 0.5) is 0 Å². The third-order valence-electron chi connectivity index (χ3n) is 4.09. The lowest BCUT2D eigenvalue weighted by molar-refractivity contribution is -0.0319. The first kappa shape index (κ1) is 12.8. The molecular weight excluding hydrogens is 184 g/mol. The molecule has 0 bridgehead atoms. The summed E-state index contributed by atoms with van der Waals surface area (Å²) in [7, 11) is 0. The van der Waals surface area contributed by atoms with Gasteiger partial charge in [0, 0.05) is 0 Å². The number of aliphatic hydroxyl groups is 1. The lowest BCUT2D eigenvalue weighted by Gasteiger charge is -2.38. The summed E-state index contributed by atoms with van der Waals surface area (Å²) in [6.45, 7) is 8.01. The molecule has 0 saturated heterocycles. The van der Waals surface area contributed by atoms with E-state index in [1.54, 1.807) is 0 Å². The number of allylic oxidation sites excluding steroid dienone is 1. The van der Waals surface area contributed by atoms with Gasteiger partial charge in [-0.1, -0.05) is 32.3 Å². The molecule has 15 heavy (non-hydrogen) atoms. The van der Waals surface area contributed by atoms with Crippen LogP contribution in [0.3, 0.4) is 0 Å². The van der Waals surface area contributed by atoms with Crippen LogP contribution in [0, 0.1) is 11.8 Å². The van der Waals surface area contributed by atoms with Gasteiger partial charge < -0.3 is 5.11 Å². The molecule has 0 aliphatic heterocycles. The molecule has 0 radical (unpaired) electrons. The molecule has 0 aromatic heterocycles. The predicted octanol–water partition coefficient (Wildman–Crippen LogP) is 3.92. The molecular formula is C14H26O. The Bertz CT molecular complexity index is 196. The van der Waals surface area contributed by atoms with E-state index in [1.165, 1.54) is 32.1 Å². The Kier molecular flexibility index (Phi) is 4.85. The summed E-state index contributed by atoms with van der Waals surface area (Å²) in [6.07, 6.45) is 10.1. The largest absolute Gasteiger partial charge is 0.390 e. The van der Waals surface area contributed by atoms with Gasteiger partial charge in [-0.25, -0.2) is 0 Å². The highest BCUT2D eigenvalue weighted by atomic mass is 16.3. The van der Waals surface area contributed by atoms with Gasteiger partial charge in [0.05, 0.1) is 5.60 Å². The Morgan fingerprint density at radius 1 is 1.47 bits per heavy atom. The second-order valence-corrected chi connectivity index (χ2v) is 5.32. The molecule has 3 atom stereocenters. The summed E-state index contributed by atoms with van der Waals surface area (Å²) in [4.78, 5) is 0. The predicted molar refractivity (Wildman–Crippen MR) is 65.8 cm³/mol. The SMILES string of the molecule is C=CCCC(C)(O)C1CCCC(CC)C1. The van der Waals surface area contributed by atoms with Gasteiger partial charge in [-0.3, -0.25) is 0 Å². The van der Waals surface area contributed by atoms with Gasteiger partial charge >= 0.3 is 0 Å². The van der Waals surface area contributed by atoms with E-state index in [0.717, 1.165) is 18.8 Å². The van der Waals surface area contributed by atoms with Crippen molar-refractivity contribution in [2.75, 3.05) is 0 Å². The summed E-state index contributed by atoms with van der Waals surface area (Å²) < 4.78 is 0. The molecule has 1 fully saturated rings. The van der Waals surface area contributed by atoms with E-state index in [1.807, 2.05) is 13.0 Å². The molecule has 1 saturated carbocycles.